The topological polar surface area (TPSA) is 69.2 Å². The van der Waals surface area contributed by atoms with Crippen molar-refractivity contribution in [2.75, 3.05) is 11.0 Å². The maximum absolute atomic E-state index is 12.3. The minimum atomic E-state index is -3.80. The van der Waals surface area contributed by atoms with Crippen LogP contribution >= 0.6 is 23.2 Å². The monoisotopic (exact) mass is 363 g/mol. The standard InChI is InChI=1S/C13H11Cl2NO3S2/c1-20(17)13-7-4-10(15)8-12(13)16-21(18,19)11-5-2-9(14)3-6-11/h2-8,16H,1H3. The lowest BCUT2D eigenvalue weighted by Gasteiger charge is -2.13. The molecule has 0 aromatic heterocycles. The lowest BCUT2D eigenvalue weighted by atomic mass is 10.3. The summed E-state index contributed by atoms with van der Waals surface area (Å²) in [5.74, 6) is 0. The molecule has 8 heteroatoms. The van der Waals surface area contributed by atoms with Gasteiger partial charge < -0.3 is 4.55 Å². The second-order valence-electron chi connectivity index (χ2n) is 4.15. The first kappa shape index (κ1) is 16.5. The average molecular weight is 364 g/mol. The van der Waals surface area contributed by atoms with Crippen molar-refractivity contribution in [2.45, 2.75) is 9.79 Å². The first-order valence-corrected chi connectivity index (χ1v) is 9.51. The summed E-state index contributed by atoms with van der Waals surface area (Å²) in [5.41, 5.74) is 0.193. The van der Waals surface area contributed by atoms with Crippen LogP contribution in [0.15, 0.2) is 52.3 Å². The molecule has 0 heterocycles. The molecular formula is C13H11Cl2NO3S2. The number of hydrogen-bond acceptors (Lipinski definition) is 3. The highest BCUT2D eigenvalue weighted by molar-refractivity contribution is 7.93. The van der Waals surface area contributed by atoms with E-state index in [2.05, 4.69) is 4.72 Å². The molecule has 21 heavy (non-hydrogen) atoms. The van der Waals surface area contributed by atoms with E-state index in [0.717, 1.165) is 0 Å². The number of anilines is 1. The van der Waals surface area contributed by atoms with Gasteiger partial charge >= 0.3 is 0 Å². The molecule has 0 saturated carbocycles. The molecule has 2 aromatic carbocycles. The van der Waals surface area contributed by atoms with Gasteiger partial charge in [0.05, 0.1) is 4.90 Å². The Morgan fingerprint density at radius 2 is 1.62 bits per heavy atom. The Hall–Kier alpha value is -0.920. The predicted molar refractivity (Wildman–Crippen MR) is 86.0 cm³/mol. The Balaban J connectivity index is 2.41. The van der Waals surface area contributed by atoms with E-state index in [9.17, 15) is 13.0 Å². The number of benzene rings is 2. The molecule has 1 unspecified atom stereocenters. The third-order valence-electron chi connectivity index (χ3n) is 2.62. The highest BCUT2D eigenvalue weighted by Crippen LogP contribution is 2.27. The Morgan fingerprint density at radius 1 is 1.05 bits per heavy atom. The Kier molecular flexibility index (Phi) is 5.06. The van der Waals surface area contributed by atoms with Gasteiger partial charge in [0.15, 0.2) is 4.90 Å². The number of hydrogen-bond donors (Lipinski definition) is 1. The van der Waals surface area contributed by atoms with Crippen LogP contribution in [0.25, 0.3) is 0 Å². The second-order valence-corrected chi connectivity index (χ2v) is 8.06. The Morgan fingerprint density at radius 3 is 2.19 bits per heavy atom. The molecule has 0 aliphatic heterocycles. The number of sulfonamides is 1. The summed E-state index contributed by atoms with van der Waals surface area (Å²) in [6.45, 7) is 0. The molecule has 0 fully saturated rings. The van der Waals surface area contributed by atoms with Gasteiger partial charge in [-0.2, -0.15) is 0 Å². The first-order chi connectivity index (χ1) is 9.79. The van der Waals surface area contributed by atoms with Crippen LogP contribution in [0.4, 0.5) is 5.69 Å². The van der Waals surface area contributed by atoms with Crippen LogP contribution in [-0.2, 0) is 21.2 Å². The van der Waals surface area contributed by atoms with E-state index in [1.807, 2.05) is 0 Å². The van der Waals surface area contributed by atoms with Crippen molar-refractivity contribution in [1.82, 2.24) is 0 Å². The zero-order valence-electron chi connectivity index (χ0n) is 10.8. The molecule has 0 aliphatic rings. The molecule has 0 aliphatic carbocycles. The lowest BCUT2D eigenvalue weighted by Crippen LogP contribution is -2.15. The molecule has 112 valence electrons. The highest BCUT2D eigenvalue weighted by atomic mass is 35.5. The summed E-state index contributed by atoms with van der Waals surface area (Å²) in [5, 5.41) is 0.782. The zero-order valence-corrected chi connectivity index (χ0v) is 14.0. The molecule has 0 spiro atoms. The quantitative estimate of drug-likeness (QED) is 0.844. The smallest absolute Gasteiger partial charge is 0.262 e. The summed E-state index contributed by atoms with van der Waals surface area (Å²) in [6, 6.07) is 10.2. The summed E-state index contributed by atoms with van der Waals surface area (Å²) >= 11 is 10.3. The largest absolute Gasteiger partial charge is 0.612 e. The van der Waals surface area contributed by atoms with Crippen molar-refractivity contribution in [3.05, 3.63) is 52.5 Å². The van der Waals surface area contributed by atoms with E-state index in [1.165, 1.54) is 42.7 Å². The molecule has 1 N–H and O–H groups in total. The second kappa shape index (κ2) is 6.46. The highest BCUT2D eigenvalue weighted by Gasteiger charge is 2.20. The van der Waals surface area contributed by atoms with Crippen molar-refractivity contribution < 1.29 is 13.0 Å². The maximum atomic E-state index is 12.3. The Bertz CT molecular complexity index is 747. The number of halogens is 2. The van der Waals surface area contributed by atoms with Crippen LogP contribution in [0.1, 0.15) is 0 Å². The molecule has 0 bridgehead atoms. The summed E-state index contributed by atoms with van der Waals surface area (Å²) in [7, 11) is -3.80. The van der Waals surface area contributed by atoms with Gasteiger partial charge in [0.2, 0.25) is 0 Å². The van der Waals surface area contributed by atoms with E-state index < -0.39 is 21.2 Å². The van der Waals surface area contributed by atoms with Gasteiger partial charge in [0.25, 0.3) is 10.0 Å². The fraction of sp³-hybridized carbons (Fsp3) is 0.0769. The van der Waals surface area contributed by atoms with Crippen molar-refractivity contribution in [2.24, 2.45) is 0 Å². The summed E-state index contributed by atoms with van der Waals surface area (Å²) < 4.78 is 38.7. The molecule has 4 nitrogen and oxygen atoms in total. The van der Waals surface area contributed by atoms with Gasteiger partial charge in [-0.3, -0.25) is 4.72 Å². The number of rotatable bonds is 4. The van der Waals surface area contributed by atoms with E-state index in [1.54, 1.807) is 6.07 Å². The van der Waals surface area contributed by atoms with Crippen LogP contribution in [-0.4, -0.2) is 19.2 Å². The molecule has 0 saturated heterocycles. The third kappa shape index (κ3) is 4.05. The normalized spacial score (nSPS) is 13.0. The molecule has 0 radical (unpaired) electrons. The molecule has 2 rings (SSSR count). The van der Waals surface area contributed by atoms with E-state index >= 15 is 0 Å². The van der Waals surface area contributed by atoms with Gasteiger partial charge in [-0.05, 0) is 53.6 Å². The minimum absolute atomic E-state index is 0.0553. The summed E-state index contributed by atoms with van der Waals surface area (Å²) in [4.78, 5) is 0.414. The molecule has 2 aromatic rings. The van der Waals surface area contributed by atoms with Crippen LogP contribution in [0, 0.1) is 0 Å². The van der Waals surface area contributed by atoms with Crippen LogP contribution in [0.2, 0.25) is 10.0 Å². The fourth-order valence-corrected chi connectivity index (χ4v) is 3.76. The van der Waals surface area contributed by atoms with Gasteiger partial charge in [0.1, 0.15) is 11.9 Å². The Labute approximate surface area is 136 Å². The van der Waals surface area contributed by atoms with Gasteiger partial charge in [-0.15, -0.1) is 0 Å². The van der Waals surface area contributed by atoms with Crippen molar-refractivity contribution in [3.8, 4) is 0 Å². The van der Waals surface area contributed by atoms with E-state index in [4.69, 9.17) is 23.2 Å². The fourth-order valence-electron chi connectivity index (χ4n) is 1.65. The lowest BCUT2D eigenvalue weighted by molar-refractivity contribution is 0.600. The van der Waals surface area contributed by atoms with Crippen LogP contribution < -0.4 is 4.72 Å². The first-order valence-electron chi connectivity index (χ1n) is 5.71. The zero-order chi connectivity index (χ0) is 15.6. The molecule has 1 atom stereocenters. The minimum Gasteiger partial charge on any atom is -0.612 e. The van der Waals surface area contributed by atoms with Crippen molar-refractivity contribution in [1.29, 1.82) is 0 Å². The SMILES string of the molecule is C[S+]([O-])c1ccc(Cl)cc1NS(=O)(=O)c1ccc(Cl)cc1. The predicted octanol–water partition coefficient (Wildman–Crippen LogP) is 3.53. The maximum Gasteiger partial charge on any atom is 0.262 e. The van der Waals surface area contributed by atoms with Gasteiger partial charge in [-0.25, -0.2) is 8.42 Å². The van der Waals surface area contributed by atoms with Crippen molar-refractivity contribution >= 4 is 50.1 Å². The molecular weight excluding hydrogens is 353 g/mol. The van der Waals surface area contributed by atoms with Crippen LogP contribution in [0.3, 0.4) is 0 Å². The van der Waals surface area contributed by atoms with E-state index in [0.29, 0.717) is 14.9 Å². The van der Waals surface area contributed by atoms with Crippen LogP contribution in [0.5, 0.6) is 0 Å². The average Bonchev–Trinajstić information content (AvgIpc) is 2.38. The van der Waals surface area contributed by atoms with Gasteiger partial charge in [-0.1, -0.05) is 23.2 Å². The van der Waals surface area contributed by atoms with E-state index in [-0.39, 0.29) is 10.6 Å². The summed E-state index contributed by atoms with van der Waals surface area (Å²) in [6.07, 6.45) is 1.46. The van der Waals surface area contributed by atoms with Gasteiger partial charge in [0, 0.05) is 10.0 Å². The molecule has 0 amide bonds. The number of nitrogens with one attached hydrogen (secondary N) is 1. The van der Waals surface area contributed by atoms with Crippen molar-refractivity contribution in [3.63, 3.8) is 0 Å². The third-order valence-corrected chi connectivity index (χ3v) is 5.46.